The number of aryl methyl sites for hydroxylation is 2. The molecule has 0 saturated carbocycles. The van der Waals surface area contributed by atoms with Crippen LogP contribution in [0.2, 0.25) is 0 Å². The number of aromatic nitrogens is 1. The summed E-state index contributed by atoms with van der Waals surface area (Å²) in [7, 11) is 0. The van der Waals surface area contributed by atoms with Crippen LogP contribution in [0.1, 0.15) is 17.7 Å². The maximum absolute atomic E-state index is 5.56. The molecule has 0 aliphatic carbocycles. The lowest BCUT2D eigenvalue weighted by molar-refractivity contribution is 0.835. The molecule has 2 nitrogen and oxygen atoms in total. The van der Waals surface area contributed by atoms with Gasteiger partial charge in [-0.15, -0.1) is 0 Å². The molecule has 1 aromatic carbocycles. The Balaban J connectivity index is 2.55. The van der Waals surface area contributed by atoms with Gasteiger partial charge in [-0.3, -0.25) is 4.98 Å². The monoisotopic (exact) mass is 278 g/mol. The zero-order valence-electron chi connectivity index (χ0n) is 9.33. The van der Waals surface area contributed by atoms with E-state index >= 15 is 0 Å². The van der Waals surface area contributed by atoms with Gasteiger partial charge in [0, 0.05) is 15.6 Å². The minimum Gasteiger partial charge on any atom is -0.330 e. The van der Waals surface area contributed by atoms with Crippen molar-refractivity contribution >= 4 is 26.8 Å². The number of halogens is 1. The summed E-state index contributed by atoms with van der Waals surface area (Å²) in [6.45, 7) is 2.77. The molecule has 0 saturated heterocycles. The average molecular weight is 279 g/mol. The van der Waals surface area contributed by atoms with Crippen molar-refractivity contribution in [3.05, 3.63) is 40.0 Å². The van der Waals surface area contributed by atoms with Gasteiger partial charge in [-0.1, -0.05) is 15.9 Å². The van der Waals surface area contributed by atoms with Gasteiger partial charge in [0.25, 0.3) is 0 Å². The Labute approximate surface area is 104 Å². The predicted molar refractivity (Wildman–Crippen MR) is 71.6 cm³/mol. The van der Waals surface area contributed by atoms with Crippen LogP contribution in [0.5, 0.6) is 0 Å². The maximum Gasteiger partial charge on any atom is 0.0708 e. The summed E-state index contributed by atoms with van der Waals surface area (Å²) in [5.41, 5.74) is 9.04. The Bertz CT molecular complexity index is 509. The molecule has 0 aliphatic heterocycles. The second kappa shape index (κ2) is 4.93. The first kappa shape index (κ1) is 11.6. The van der Waals surface area contributed by atoms with E-state index in [1.54, 1.807) is 0 Å². The normalized spacial score (nSPS) is 10.9. The number of rotatable bonds is 3. The Morgan fingerprint density at radius 1 is 1.31 bits per heavy atom. The van der Waals surface area contributed by atoms with E-state index in [1.165, 1.54) is 10.9 Å². The van der Waals surface area contributed by atoms with Gasteiger partial charge in [0.05, 0.1) is 5.52 Å². The molecule has 16 heavy (non-hydrogen) atoms. The van der Waals surface area contributed by atoms with Crippen molar-refractivity contribution in [3.8, 4) is 0 Å². The number of benzene rings is 1. The third-order valence-corrected chi connectivity index (χ3v) is 3.13. The minimum absolute atomic E-state index is 0.733. The molecule has 84 valence electrons. The second-order valence-corrected chi connectivity index (χ2v) is 4.89. The standard InChI is InChI=1S/C13H15BrN2/c1-9-7-10(3-2-6-15)12-8-11(14)4-5-13(12)16-9/h4-5,7-8H,2-3,6,15H2,1H3. The smallest absolute Gasteiger partial charge is 0.0708 e. The molecule has 0 amide bonds. The number of hydrogen-bond acceptors (Lipinski definition) is 2. The Hall–Kier alpha value is -0.930. The zero-order chi connectivity index (χ0) is 11.5. The van der Waals surface area contributed by atoms with Gasteiger partial charge in [-0.2, -0.15) is 0 Å². The van der Waals surface area contributed by atoms with Gasteiger partial charge in [0.2, 0.25) is 0 Å². The first-order valence-corrected chi connectivity index (χ1v) is 6.26. The topological polar surface area (TPSA) is 38.9 Å². The van der Waals surface area contributed by atoms with Crippen molar-refractivity contribution in [3.63, 3.8) is 0 Å². The molecule has 0 aliphatic rings. The van der Waals surface area contributed by atoms with Gasteiger partial charge in [-0.05, 0) is 56.1 Å². The third kappa shape index (κ3) is 2.42. The fourth-order valence-corrected chi connectivity index (χ4v) is 2.28. The van der Waals surface area contributed by atoms with E-state index in [4.69, 9.17) is 5.73 Å². The van der Waals surface area contributed by atoms with E-state index < -0.39 is 0 Å². The van der Waals surface area contributed by atoms with E-state index in [0.29, 0.717) is 0 Å². The Kier molecular flexibility index (Phi) is 3.56. The molecule has 0 bridgehead atoms. The summed E-state index contributed by atoms with van der Waals surface area (Å²) in [5.74, 6) is 0. The van der Waals surface area contributed by atoms with Gasteiger partial charge < -0.3 is 5.73 Å². The summed E-state index contributed by atoms with van der Waals surface area (Å²) in [4.78, 5) is 4.53. The first-order valence-electron chi connectivity index (χ1n) is 5.46. The van der Waals surface area contributed by atoms with Crippen LogP contribution in [0.3, 0.4) is 0 Å². The Morgan fingerprint density at radius 3 is 2.88 bits per heavy atom. The molecular weight excluding hydrogens is 264 g/mol. The first-order chi connectivity index (χ1) is 7.70. The molecule has 0 fully saturated rings. The van der Waals surface area contributed by atoms with Crippen LogP contribution >= 0.6 is 15.9 Å². The van der Waals surface area contributed by atoms with Crippen LogP contribution in [-0.4, -0.2) is 11.5 Å². The van der Waals surface area contributed by atoms with E-state index in [0.717, 1.165) is 35.1 Å². The molecule has 0 unspecified atom stereocenters. The second-order valence-electron chi connectivity index (χ2n) is 3.98. The highest BCUT2D eigenvalue weighted by molar-refractivity contribution is 9.10. The van der Waals surface area contributed by atoms with E-state index in [1.807, 2.05) is 13.0 Å². The van der Waals surface area contributed by atoms with Gasteiger partial charge in [0.15, 0.2) is 0 Å². The highest BCUT2D eigenvalue weighted by Gasteiger charge is 2.04. The number of nitrogens with zero attached hydrogens (tertiary/aromatic N) is 1. The fraction of sp³-hybridized carbons (Fsp3) is 0.308. The summed E-state index contributed by atoms with van der Waals surface area (Å²) in [5, 5.41) is 1.23. The van der Waals surface area contributed by atoms with Crippen LogP contribution in [-0.2, 0) is 6.42 Å². The maximum atomic E-state index is 5.56. The molecule has 0 spiro atoms. The summed E-state index contributed by atoms with van der Waals surface area (Å²) >= 11 is 3.50. The number of pyridine rings is 1. The lowest BCUT2D eigenvalue weighted by Crippen LogP contribution is -2.01. The largest absolute Gasteiger partial charge is 0.330 e. The summed E-state index contributed by atoms with van der Waals surface area (Å²) in [6.07, 6.45) is 2.04. The van der Waals surface area contributed by atoms with Crippen molar-refractivity contribution in [2.45, 2.75) is 19.8 Å². The van der Waals surface area contributed by atoms with Crippen LogP contribution < -0.4 is 5.73 Å². The number of hydrogen-bond donors (Lipinski definition) is 1. The zero-order valence-corrected chi connectivity index (χ0v) is 10.9. The van der Waals surface area contributed by atoms with Crippen LogP contribution in [0.25, 0.3) is 10.9 Å². The number of fused-ring (bicyclic) bond motifs is 1. The van der Waals surface area contributed by atoms with Crippen LogP contribution in [0.4, 0.5) is 0 Å². The van der Waals surface area contributed by atoms with E-state index in [9.17, 15) is 0 Å². The fourth-order valence-electron chi connectivity index (χ4n) is 1.91. The minimum atomic E-state index is 0.733. The molecular formula is C13H15BrN2. The average Bonchev–Trinajstić information content (AvgIpc) is 2.26. The van der Waals surface area contributed by atoms with Crippen molar-refractivity contribution in [2.75, 3.05) is 6.54 Å². The molecule has 2 N–H and O–H groups in total. The molecule has 1 aromatic heterocycles. The lowest BCUT2D eigenvalue weighted by Gasteiger charge is -2.07. The molecule has 2 aromatic rings. The van der Waals surface area contributed by atoms with Crippen molar-refractivity contribution in [1.29, 1.82) is 0 Å². The summed E-state index contributed by atoms with van der Waals surface area (Å²) in [6, 6.07) is 8.37. The van der Waals surface area contributed by atoms with Gasteiger partial charge in [-0.25, -0.2) is 0 Å². The lowest BCUT2D eigenvalue weighted by atomic mass is 10.0. The predicted octanol–water partition coefficient (Wildman–Crippen LogP) is 3.20. The van der Waals surface area contributed by atoms with E-state index in [2.05, 4.69) is 39.1 Å². The van der Waals surface area contributed by atoms with Gasteiger partial charge >= 0.3 is 0 Å². The molecule has 0 atom stereocenters. The number of nitrogens with two attached hydrogens (primary N) is 1. The van der Waals surface area contributed by atoms with Crippen molar-refractivity contribution in [1.82, 2.24) is 4.98 Å². The summed E-state index contributed by atoms with van der Waals surface area (Å²) < 4.78 is 1.10. The molecule has 1 heterocycles. The SMILES string of the molecule is Cc1cc(CCCN)c2cc(Br)ccc2n1. The van der Waals surface area contributed by atoms with Crippen molar-refractivity contribution < 1.29 is 0 Å². The third-order valence-electron chi connectivity index (χ3n) is 2.63. The Morgan fingerprint density at radius 2 is 2.12 bits per heavy atom. The quantitative estimate of drug-likeness (QED) is 0.937. The molecule has 2 rings (SSSR count). The molecule has 3 heteroatoms. The van der Waals surface area contributed by atoms with E-state index in [-0.39, 0.29) is 0 Å². The molecule has 0 radical (unpaired) electrons. The highest BCUT2D eigenvalue weighted by Crippen LogP contribution is 2.23. The van der Waals surface area contributed by atoms with Crippen LogP contribution in [0, 0.1) is 6.92 Å². The van der Waals surface area contributed by atoms with Crippen LogP contribution in [0.15, 0.2) is 28.7 Å². The van der Waals surface area contributed by atoms with Crippen molar-refractivity contribution in [2.24, 2.45) is 5.73 Å². The van der Waals surface area contributed by atoms with Gasteiger partial charge in [0.1, 0.15) is 0 Å². The highest BCUT2D eigenvalue weighted by atomic mass is 79.9.